The van der Waals surface area contributed by atoms with E-state index in [1.165, 1.54) is 16.9 Å². The van der Waals surface area contributed by atoms with Gasteiger partial charge in [-0.1, -0.05) is 6.07 Å². The number of hydrogen-bond donors (Lipinski definition) is 0. The van der Waals surface area contributed by atoms with Gasteiger partial charge < -0.3 is 19.4 Å². The predicted octanol–water partition coefficient (Wildman–Crippen LogP) is 3.08. The number of aromatic nitrogens is 1. The molecule has 0 unspecified atom stereocenters. The normalized spacial score (nSPS) is 18.9. The number of methoxy groups -OCH3 is 1. The number of anilines is 2. The number of piperazine rings is 1. The number of rotatable bonds is 5. The molecule has 7 nitrogen and oxygen atoms in total. The van der Waals surface area contributed by atoms with Crippen molar-refractivity contribution in [3.05, 3.63) is 52.7 Å². The molecule has 0 N–H and O–H groups in total. The third kappa shape index (κ3) is 4.55. The van der Waals surface area contributed by atoms with Crippen molar-refractivity contribution in [2.45, 2.75) is 32.7 Å². The zero-order chi connectivity index (χ0) is 23.7. The van der Waals surface area contributed by atoms with E-state index in [9.17, 15) is 18.4 Å². The van der Waals surface area contributed by atoms with Crippen LogP contribution in [0, 0.1) is 25.5 Å². The van der Waals surface area contributed by atoms with Crippen molar-refractivity contribution in [3.8, 4) is 0 Å². The lowest BCUT2D eigenvalue weighted by Crippen LogP contribution is -2.49. The number of hydrogen-bond acceptors (Lipinski definition) is 5. The molecule has 1 aromatic heterocycles. The molecular weight excluding hydrogens is 430 g/mol. The molecule has 0 spiro atoms. The summed E-state index contributed by atoms with van der Waals surface area (Å²) in [6.07, 6.45) is 2.64. The summed E-state index contributed by atoms with van der Waals surface area (Å²) in [5.74, 6) is -1.99. The van der Waals surface area contributed by atoms with Crippen molar-refractivity contribution in [2.24, 2.45) is 0 Å². The molecule has 2 saturated heterocycles. The Morgan fingerprint density at radius 3 is 2.39 bits per heavy atom. The maximum absolute atomic E-state index is 15.0. The number of benzene rings is 1. The number of nitrogens with zero attached hydrogens (tertiary/aromatic N) is 4. The first kappa shape index (κ1) is 23.1. The number of pyridine rings is 1. The zero-order valence-corrected chi connectivity index (χ0v) is 19.1. The molecule has 0 aliphatic carbocycles. The van der Waals surface area contributed by atoms with Crippen LogP contribution in [0.1, 0.15) is 34.3 Å². The topological polar surface area (TPSA) is 66.0 Å². The molecule has 33 heavy (non-hydrogen) atoms. The minimum atomic E-state index is -0.968. The predicted molar refractivity (Wildman–Crippen MR) is 121 cm³/mol. The van der Waals surface area contributed by atoms with E-state index in [-0.39, 0.29) is 30.7 Å². The Bertz CT molecular complexity index is 1050. The van der Waals surface area contributed by atoms with Gasteiger partial charge in [0.2, 0.25) is 5.91 Å². The Morgan fingerprint density at radius 2 is 1.79 bits per heavy atom. The molecule has 1 aromatic carbocycles. The van der Waals surface area contributed by atoms with Crippen LogP contribution >= 0.6 is 0 Å². The van der Waals surface area contributed by atoms with Crippen molar-refractivity contribution in [2.75, 3.05) is 49.7 Å². The average Bonchev–Trinajstić information content (AvgIpc) is 3.13. The van der Waals surface area contributed by atoms with Crippen LogP contribution in [0.15, 0.2) is 24.4 Å². The lowest BCUT2D eigenvalue weighted by molar-refractivity contribution is -0.117. The highest BCUT2D eigenvalue weighted by Gasteiger charge is 2.34. The first-order valence-electron chi connectivity index (χ1n) is 11.1. The Hall–Kier alpha value is -3.07. The van der Waals surface area contributed by atoms with Gasteiger partial charge in [0.1, 0.15) is 23.0 Å². The van der Waals surface area contributed by atoms with Crippen molar-refractivity contribution in [1.29, 1.82) is 0 Å². The van der Waals surface area contributed by atoms with Crippen LogP contribution in [0.5, 0.6) is 0 Å². The van der Waals surface area contributed by atoms with Gasteiger partial charge >= 0.3 is 0 Å². The van der Waals surface area contributed by atoms with Crippen LogP contribution in [-0.2, 0) is 9.53 Å². The summed E-state index contributed by atoms with van der Waals surface area (Å²) >= 11 is 0. The standard InChI is InChI=1S/C24H28F2N4O3/c1-15-10-16(2)23(27-13-15)28-6-8-29(9-7-28)24(32)22-19(25)11-18(12-20(22)26)30-17(14-33-3)4-5-21(30)31/h10-13,17H,4-9,14H2,1-3H3/t17-/m1/s1. The SMILES string of the molecule is COC[C@H]1CCC(=O)N1c1cc(F)c(C(=O)N2CCN(c3ncc(C)cc3C)CC2)c(F)c1. The van der Waals surface area contributed by atoms with Gasteiger partial charge in [0, 0.05) is 51.6 Å². The third-order valence-electron chi connectivity index (χ3n) is 6.26. The second kappa shape index (κ2) is 9.43. The number of aryl methyl sites for hydroxylation is 2. The highest BCUT2D eigenvalue weighted by atomic mass is 19.1. The Labute approximate surface area is 191 Å². The molecule has 9 heteroatoms. The first-order valence-corrected chi connectivity index (χ1v) is 11.1. The van der Waals surface area contributed by atoms with E-state index in [1.807, 2.05) is 13.8 Å². The number of carbonyl (C=O) groups is 2. The van der Waals surface area contributed by atoms with Crippen LogP contribution in [0.3, 0.4) is 0 Å². The zero-order valence-electron chi connectivity index (χ0n) is 19.1. The van der Waals surface area contributed by atoms with Crippen molar-refractivity contribution in [1.82, 2.24) is 9.88 Å². The van der Waals surface area contributed by atoms with E-state index in [1.54, 1.807) is 6.20 Å². The maximum atomic E-state index is 15.0. The summed E-state index contributed by atoms with van der Waals surface area (Å²) in [4.78, 5) is 34.6. The molecule has 1 atom stereocenters. The lowest BCUT2D eigenvalue weighted by Gasteiger charge is -2.36. The molecule has 3 heterocycles. The van der Waals surface area contributed by atoms with Crippen molar-refractivity contribution >= 4 is 23.3 Å². The first-order chi connectivity index (χ1) is 15.8. The van der Waals surface area contributed by atoms with E-state index in [2.05, 4.69) is 16.0 Å². The quantitative estimate of drug-likeness (QED) is 0.689. The summed E-state index contributed by atoms with van der Waals surface area (Å²) in [7, 11) is 1.51. The van der Waals surface area contributed by atoms with Crippen LogP contribution in [-0.4, -0.2) is 67.6 Å². The number of carbonyl (C=O) groups excluding carboxylic acids is 2. The number of ether oxygens (including phenoxy) is 1. The minimum absolute atomic E-state index is 0.108. The summed E-state index contributed by atoms with van der Waals surface area (Å²) in [5.41, 5.74) is 1.64. The van der Waals surface area contributed by atoms with Gasteiger partial charge in [0.15, 0.2) is 0 Å². The van der Waals surface area contributed by atoms with Gasteiger partial charge in [-0.15, -0.1) is 0 Å². The summed E-state index contributed by atoms with van der Waals surface area (Å²) in [6.45, 7) is 5.93. The summed E-state index contributed by atoms with van der Waals surface area (Å²) in [6, 6.07) is 3.90. The van der Waals surface area contributed by atoms with Gasteiger partial charge in [-0.2, -0.15) is 0 Å². The minimum Gasteiger partial charge on any atom is -0.383 e. The van der Waals surface area contributed by atoms with Crippen molar-refractivity contribution < 1.29 is 23.1 Å². The Morgan fingerprint density at radius 1 is 1.12 bits per heavy atom. The van der Waals surface area contributed by atoms with E-state index in [4.69, 9.17) is 4.74 Å². The summed E-state index contributed by atoms with van der Waals surface area (Å²) < 4.78 is 35.1. The second-order valence-corrected chi connectivity index (χ2v) is 8.63. The van der Waals surface area contributed by atoms with Crippen molar-refractivity contribution in [3.63, 3.8) is 0 Å². The number of halogens is 2. The number of amides is 2. The van der Waals surface area contributed by atoms with Gasteiger partial charge in [-0.3, -0.25) is 9.59 Å². The van der Waals surface area contributed by atoms with E-state index in [0.717, 1.165) is 29.1 Å². The van der Waals surface area contributed by atoms with E-state index < -0.39 is 23.1 Å². The van der Waals surface area contributed by atoms with Gasteiger partial charge in [0.25, 0.3) is 5.91 Å². The van der Waals surface area contributed by atoms with Crippen LogP contribution in [0.4, 0.5) is 20.3 Å². The third-order valence-corrected chi connectivity index (χ3v) is 6.26. The van der Waals surface area contributed by atoms with Gasteiger partial charge in [-0.05, 0) is 43.5 Å². The molecule has 4 rings (SSSR count). The van der Waals surface area contributed by atoms with Crippen LogP contribution in [0.25, 0.3) is 0 Å². The van der Waals surface area contributed by atoms with Gasteiger partial charge in [0.05, 0.1) is 12.6 Å². The monoisotopic (exact) mass is 458 g/mol. The molecule has 2 amide bonds. The highest BCUT2D eigenvalue weighted by Crippen LogP contribution is 2.30. The largest absolute Gasteiger partial charge is 0.383 e. The summed E-state index contributed by atoms with van der Waals surface area (Å²) in [5, 5.41) is 0. The average molecular weight is 459 g/mol. The molecule has 176 valence electrons. The second-order valence-electron chi connectivity index (χ2n) is 8.63. The Kier molecular flexibility index (Phi) is 6.60. The molecule has 0 saturated carbocycles. The fourth-order valence-corrected chi connectivity index (χ4v) is 4.67. The molecule has 2 aromatic rings. The highest BCUT2D eigenvalue weighted by molar-refractivity contribution is 5.98. The molecule has 2 aliphatic heterocycles. The molecular formula is C24H28F2N4O3. The fourth-order valence-electron chi connectivity index (χ4n) is 4.67. The molecule has 2 aliphatic rings. The van der Waals surface area contributed by atoms with Crippen LogP contribution in [0.2, 0.25) is 0 Å². The van der Waals surface area contributed by atoms with E-state index in [0.29, 0.717) is 32.6 Å². The van der Waals surface area contributed by atoms with Crippen LogP contribution < -0.4 is 9.80 Å². The Balaban J connectivity index is 1.49. The lowest BCUT2D eigenvalue weighted by atomic mass is 10.1. The van der Waals surface area contributed by atoms with Gasteiger partial charge in [-0.25, -0.2) is 13.8 Å². The molecule has 0 radical (unpaired) electrons. The van der Waals surface area contributed by atoms with E-state index >= 15 is 0 Å². The smallest absolute Gasteiger partial charge is 0.259 e. The molecule has 2 fully saturated rings. The maximum Gasteiger partial charge on any atom is 0.259 e. The fraction of sp³-hybridized carbons (Fsp3) is 0.458. The molecule has 0 bridgehead atoms.